The maximum Gasteiger partial charge on any atom is 0.240 e. The number of unbranched alkanes of at least 4 members (excludes halogenated alkanes) is 1. The van der Waals surface area contributed by atoms with Crippen molar-refractivity contribution in [3.05, 3.63) is 29.8 Å². The van der Waals surface area contributed by atoms with Crippen LogP contribution >= 0.6 is 35.7 Å². The number of benzene rings is 1. The van der Waals surface area contributed by atoms with Crippen LogP contribution in [0, 0.1) is 0 Å². The van der Waals surface area contributed by atoms with Crippen LogP contribution in [0.1, 0.15) is 31.2 Å². The van der Waals surface area contributed by atoms with Gasteiger partial charge in [0.15, 0.2) is 5.96 Å². The average molecular weight is 512 g/mol. The zero-order chi connectivity index (χ0) is 18.1. The van der Waals surface area contributed by atoms with Crippen molar-refractivity contribution in [2.75, 3.05) is 25.6 Å². The third-order valence-corrected chi connectivity index (χ3v) is 6.12. The third-order valence-electron chi connectivity index (χ3n) is 3.88. The average Bonchev–Trinajstić information content (AvgIpc) is 3.41. The summed E-state index contributed by atoms with van der Waals surface area (Å²) in [7, 11) is -1.63. The molecule has 0 saturated heterocycles. The first-order valence-corrected chi connectivity index (χ1v) is 11.5. The van der Waals surface area contributed by atoms with Crippen LogP contribution < -0.4 is 15.4 Å². The lowest BCUT2D eigenvalue weighted by Crippen LogP contribution is -2.37. The summed E-state index contributed by atoms with van der Waals surface area (Å²) in [6.45, 7) is 1.49. The summed E-state index contributed by atoms with van der Waals surface area (Å²) in [6.07, 6.45) is 6.29. The van der Waals surface area contributed by atoms with E-state index in [9.17, 15) is 8.42 Å². The molecule has 6 nitrogen and oxygen atoms in total. The van der Waals surface area contributed by atoms with E-state index in [0.29, 0.717) is 11.4 Å². The van der Waals surface area contributed by atoms with E-state index in [-0.39, 0.29) is 30.0 Å². The Morgan fingerprint density at radius 2 is 1.88 bits per heavy atom. The number of halogens is 1. The molecule has 26 heavy (non-hydrogen) atoms. The van der Waals surface area contributed by atoms with E-state index < -0.39 is 10.0 Å². The van der Waals surface area contributed by atoms with E-state index in [2.05, 4.69) is 26.6 Å². The van der Waals surface area contributed by atoms with Crippen molar-refractivity contribution >= 4 is 51.7 Å². The molecule has 0 bridgehead atoms. The Hall–Kier alpha value is -0.520. The van der Waals surface area contributed by atoms with Gasteiger partial charge in [0, 0.05) is 26.2 Å². The monoisotopic (exact) mass is 512 g/mol. The molecule has 1 aromatic carbocycles. The Morgan fingerprint density at radius 3 is 2.46 bits per heavy atom. The molecular weight excluding hydrogens is 483 g/mol. The van der Waals surface area contributed by atoms with E-state index in [1.807, 2.05) is 23.9 Å². The molecule has 1 aromatic rings. The van der Waals surface area contributed by atoms with Crippen molar-refractivity contribution in [1.29, 1.82) is 0 Å². The van der Waals surface area contributed by atoms with Gasteiger partial charge in [0.1, 0.15) is 0 Å². The van der Waals surface area contributed by atoms with Crippen LogP contribution in [0.2, 0.25) is 0 Å². The van der Waals surface area contributed by atoms with E-state index in [1.165, 1.54) is 12.2 Å². The predicted octanol–water partition coefficient (Wildman–Crippen LogP) is 2.55. The first-order chi connectivity index (χ1) is 12.0. The Kier molecular flexibility index (Phi) is 10.9. The fraction of sp³-hybridized carbons (Fsp3) is 0.588. The number of hydrogen-bond donors (Lipinski definition) is 3. The van der Waals surface area contributed by atoms with Gasteiger partial charge < -0.3 is 10.6 Å². The molecule has 1 fully saturated rings. The second-order valence-electron chi connectivity index (χ2n) is 6.09. The highest BCUT2D eigenvalue weighted by atomic mass is 127. The predicted molar refractivity (Wildman–Crippen MR) is 121 cm³/mol. The smallest absolute Gasteiger partial charge is 0.240 e. The molecule has 0 spiro atoms. The van der Waals surface area contributed by atoms with Gasteiger partial charge in [-0.2, -0.15) is 11.8 Å². The highest BCUT2D eigenvalue weighted by Crippen LogP contribution is 2.22. The lowest BCUT2D eigenvalue weighted by atomic mass is 10.2. The summed E-state index contributed by atoms with van der Waals surface area (Å²) in [5, 5.41) is 6.53. The van der Waals surface area contributed by atoms with Gasteiger partial charge >= 0.3 is 0 Å². The van der Waals surface area contributed by atoms with E-state index in [4.69, 9.17) is 0 Å². The fourth-order valence-electron chi connectivity index (χ4n) is 2.26. The minimum atomic E-state index is -3.38. The van der Waals surface area contributed by atoms with E-state index >= 15 is 0 Å². The van der Waals surface area contributed by atoms with Gasteiger partial charge in [-0.1, -0.05) is 12.1 Å². The van der Waals surface area contributed by atoms with Crippen molar-refractivity contribution in [3.63, 3.8) is 0 Å². The number of hydrogen-bond acceptors (Lipinski definition) is 4. The molecule has 2 rings (SSSR count). The van der Waals surface area contributed by atoms with Crippen molar-refractivity contribution < 1.29 is 8.42 Å². The van der Waals surface area contributed by atoms with Crippen molar-refractivity contribution in [1.82, 2.24) is 15.4 Å². The quantitative estimate of drug-likeness (QED) is 0.194. The van der Waals surface area contributed by atoms with Gasteiger partial charge in [-0.25, -0.2) is 13.1 Å². The minimum Gasteiger partial charge on any atom is -0.356 e. The number of nitrogens with zero attached hydrogens (tertiary/aromatic N) is 1. The van der Waals surface area contributed by atoms with E-state index in [0.717, 1.165) is 37.3 Å². The molecule has 0 amide bonds. The molecule has 0 aromatic heterocycles. The molecule has 1 aliphatic carbocycles. The summed E-state index contributed by atoms with van der Waals surface area (Å²) >= 11 is 1.86. The SMILES string of the molecule is CN=C(NCCCCSC)NCc1ccc(S(=O)(=O)NC2CC2)cc1.I. The second kappa shape index (κ2) is 12.0. The standard InChI is InChI=1S/C17H28N4O2S2.HI/c1-18-17(19-11-3-4-12-24-2)20-13-14-5-9-16(10-6-14)25(22,23)21-15-7-8-15;/h5-6,9-10,15,21H,3-4,7-8,11-13H2,1-2H3,(H2,18,19,20);1H. The third kappa shape index (κ3) is 8.45. The van der Waals surface area contributed by atoms with Gasteiger partial charge in [-0.05, 0) is 55.4 Å². The topological polar surface area (TPSA) is 82.6 Å². The molecule has 1 saturated carbocycles. The number of thioether (sulfide) groups is 1. The fourth-order valence-corrected chi connectivity index (χ4v) is 4.06. The molecule has 3 N–H and O–H groups in total. The molecule has 1 aliphatic rings. The summed E-state index contributed by atoms with van der Waals surface area (Å²) in [5.41, 5.74) is 1.01. The van der Waals surface area contributed by atoms with Crippen LogP contribution in [0.15, 0.2) is 34.2 Å². The summed E-state index contributed by atoms with van der Waals surface area (Å²) in [6, 6.07) is 7.10. The van der Waals surface area contributed by atoms with Crippen molar-refractivity contribution in [3.8, 4) is 0 Å². The lowest BCUT2D eigenvalue weighted by molar-refractivity contribution is 0.581. The van der Waals surface area contributed by atoms with E-state index in [1.54, 1.807) is 19.2 Å². The normalized spacial score (nSPS) is 14.6. The van der Waals surface area contributed by atoms with Crippen LogP contribution in [-0.4, -0.2) is 46.0 Å². The van der Waals surface area contributed by atoms with Gasteiger partial charge in [0.2, 0.25) is 10.0 Å². The maximum atomic E-state index is 12.1. The van der Waals surface area contributed by atoms with Crippen molar-refractivity contribution in [2.24, 2.45) is 4.99 Å². The van der Waals surface area contributed by atoms with Gasteiger partial charge in [-0.3, -0.25) is 4.99 Å². The zero-order valence-electron chi connectivity index (χ0n) is 15.3. The minimum absolute atomic E-state index is 0. The number of nitrogens with one attached hydrogen (secondary N) is 3. The van der Waals surface area contributed by atoms with Crippen LogP contribution in [0.3, 0.4) is 0 Å². The van der Waals surface area contributed by atoms with Crippen LogP contribution in [0.25, 0.3) is 0 Å². The zero-order valence-corrected chi connectivity index (χ0v) is 19.3. The summed E-state index contributed by atoms with van der Waals surface area (Å²) in [4.78, 5) is 4.52. The highest BCUT2D eigenvalue weighted by Gasteiger charge is 2.27. The molecule has 0 radical (unpaired) electrons. The van der Waals surface area contributed by atoms with Crippen LogP contribution in [-0.2, 0) is 16.6 Å². The molecule has 0 heterocycles. The molecular formula is C17H29IN4O2S2. The maximum absolute atomic E-state index is 12.1. The molecule has 0 aliphatic heterocycles. The molecule has 0 unspecified atom stereocenters. The largest absolute Gasteiger partial charge is 0.356 e. The number of rotatable bonds is 10. The molecule has 0 atom stereocenters. The molecule has 148 valence electrons. The highest BCUT2D eigenvalue weighted by molar-refractivity contribution is 14.0. The Bertz CT molecular complexity index is 662. The van der Waals surface area contributed by atoms with Crippen LogP contribution in [0.4, 0.5) is 0 Å². The Labute approximate surface area is 178 Å². The van der Waals surface area contributed by atoms with Gasteiger partial charge in [0.05, 0.1) is 4.90 Å². The lowest BCUT2D eigenvalue weighted by Gasteiger charge is -2.12. The van der Waals surface area contributed by atoms with Gasteiger partial charge in [0.25, 0.3) is 0 Å². The van der Waals surface area contributed by atoms with Gasteiger partial charge in [-0.15, -0.1) is 24.0 Å². The summed E-state index contributed by atoms with van der Waals surface area (Å²) < 4.78 is 27.0. The number of guanidine groups is 1. The van der Waals surface area contributed by atoms with Crippen LogP contribution in [0.5, 0.6) is 0 Å². The Morgan fingerprint density at radius 1 is 1.19 bits per heavy atom. The molecule has 9 heteroatoms. The Balaban J connectivity index is 0.00000338. The second-order valence-corrected chi connectivity index (χ2v) is 8.79. The first kappa shape index (κ1) is 23.5. The first-order valence-electron chi connectivity index (χ1n) is 8.60. The van der Waals surface area contributed by atoms with Crippen molar-refractivity contribution in [2.45, 2.75) is 43.2 Å². The summed E-state index contributed by atoms with van der Waals surface area (Å²) in [5.74, 6) is 1.94. The number of aliphatic imine (C=N–C) groups is 1. The number of sulfonamides is 1.